The average molecular weight is 615 g/mol. The summed E-state index contributed by atoms with van der Waals surface area (Å²) in [5.74, 6) is -0.983. The third-order valence-corrected chi connectivity index (χ3v) is 7.45. The summed E-state index contributed by atoms with van der Waals surface area (Å²) in [5.41, 5.74) is 3.58. The number of benzene rings is 4. The van der Waals surface area contributed by atoms with E-state index < -0.39 is 11.8 Å². The van der Waals surface area contributed by atoms with Gasteiger partial charge in [0.25, 0.3) is 11.8 Å². The number of hydrogen-bond acceptors (Lipinski definition) is 4. The van der Waals surface area contributed by atoms with E-state index in [1.807, 2.05) is 80.6 Å². The van der Waals surface area contributed by atoms with Gasteiger partial charge < -0.3 is 16.0 Å². The van der Waals surface area contributed by atoms with Gasteiger partial charge in [-0.2, -0.15) is 0 Å². The minimum Gasteiger partial charge on any atom is -0.325 e. The Kier molecular flexibility index (Phi) is 9.94. The monoisotopic (exact) mass is 613 g/mol. The van der Waals surface area contributed by atoms with E-state index in [-0.39, 0.29) is 16.9 Å². The molecule has 3 N–H and O–H groups in total. The molecule has 0 aliphatic carbocycles. The number of rotatable bonds is 9. The molecule has 1 atom stereocenters. The van der Waals surface area contributed by atoms with Crippen molar-refractivity contribution in [2.75, 3.05) is 10.6 Å². The molecule has 0 bridgehead atoms. The molecule has 0 radical (unpaired) electrons. The SMILES string of the molecule is Cc1ccccc1NC(=O)C(C)Sc1cccc(NC(=O)/C(=C\c2cccc(Br)c2)NC(=O)c2ccccc2)c1. The lowest BCUT2D eigenvalue weighted by Crippen LogP contribution is -2.30. The predicted molar refractivity (Wildman–Crippen MR) is 166 cm³/mol. The highest BCUT2D eigenvalue weighted by atomic mass is 79.9. The molecule has 40 heavy (non-hydrogen) atoms. The summed E-state index contributed by atoms with van der Waals surface area (Å²) in [5, 5.41) is 8.22. The normalized spacial score (nSPS) is 11.8. The number of halogens is 1. The van der Waals surface area contributed by atoms with Gasteiger partial charge in [-0.25, -0.2) is 0 Å². The van der Waals surface area contributed by atoms with Crippen molar-refractivity contribution in [3.63, 3.8) is 0 Å². The molecule has 4 aromatic carbocycles. The lowest BCUT2D eigenvalue weighted by Gasteiger charge is -2.15. The van der Waals surface area contributed by atoms with Crippen LogP contribution in [0.1, 0.15) is 28.4 Å². The molecule has 0 saturated carbocycles. The first-order chi connectivity index (χ1) is 19.3. The summed E-state index contributed by atoms with van der Waals surface area (Å²) in [4.78, 5) is 39.8. The van der Waals surface area contributed by atoms with E-state index in [1.165, 1.54) is 11.8 Å². The minimum absolute atomic E-state index is 0.0935. The average Bonchev–Trinajstić information content (AvgIpc) is 2.94. The molecule has 3 amide bonds. The number of aryl methyl sites for hydroxylation is 1. The van der Waals surface area contributed by atoms with Crippen LogP contribution in [-0.2, 0) is 9.59 Å². The van der Waals surface area contributed by atoms with Crippen LogP contribution in [-0.4, -0.2) is 23.0 Å². The second-order valence-corrected chi connectivity index (χ2v) is 11.3. The molecule has 1 unspecified atom stereocenters. The van der Waals surface area contributed by atoms with Gasteiger partial charge in [0.15, 0.2) is 0 Å². The Balaban J connectivity index is 1.48. The van der Waals surface area contributed by atoms with Gasteiger partial charge in [-0.15, -0.1) is 11.8 Å². The van der Waals surface area contributed by atoms with Crippen LogP contribution < -0.4 is 16.0 Å². The maximum atomic E-state index is 13.4. The van der Waals surface area contributed by atoms with E-state index in [1.54, 1.807) is 42.5 Å². The summed E-state index contributed by atoms with van der Waals surface area (Å²) in [7, 11) is 0. The third-order valence-electron chi connectivity index (χ3n) is 5.87. The molecule has 0 aliphatic rings. The molecule has 0 fully saturated rings. The van der Waals surface area contributed by atoms with Crippen molar-refractivity contribution >= 4 is 62.9 Å². The number of amides is 3. The minimum atomic E-state index is -0.475. The van der Waals surface area contributed by atoms with Gasteiger partial charge >= 0.3 is 0 Å². The molecule has 0 aliphatic heterocycles. The van der Waals surface area contributed by atoms with Crippen LogP contribution in [0.3, 0.4) is 0 Å². The fourth-order valence-corrected chi connectivity index (χ4v) is 5.10. The summed E-state index contributed by atoms with van der Waals surface area (Å²) < 4.78 is 0.848. The molecule has 0 aromatic heterocycles. The van der Waals surface area contributed by atoms with Crippen molar-refractivity contribution < 1.29 is 14.4 Å². The van der Waals surface area contributed by atoms with Gasteiger partial charge in [0.1, 0.15) is 5.70 Å². The summed E-state index contributed by atoms with van der Waals surface area (Å²) in [6, 6.07) is 31.0. The Labute approximate surface area is 246 Å². The number of carbonyl (C=O) groups is 3. The van der Waals surface area contributed by atoms with Crippen molar-refractivity contribution in [3.8, 4) is 0 Å². The van der Waals surface area contributed by atoms with E-state index in [9.17, 15) is 14.4 Å². The van der Waals surface area contributed by atoms with Gasteiger partial charge in [-0.3, -0.25) is 14.4 Å². The van der Waals surface area contributed by atoms with Crippen molar-refractivity contribution in [3.05, 3.63) is 130 Å². The van der Waals surface area contributed by atoms with Crippen molar-refractivity contribution in [2.24, 2.45) is 0 Å². The first kappa shape index (κ1) is 28.9. The number of hydrogen-bond donors (Lipinski definition) is 3. The molecular formula is C32H28BrN3O3S. The van der Waals surface area contributed by atoms with Gasteiger partial charge in [-0.05, 0) is 79.6 Å². The molecular weight excluding hydrogens is 586 g/mol. The Bertz CT molecular complexity index is 1560. The van der Waals surface area contributed by atoms with Crippen LogP contribution >= 0.6 is 27.7 Å². The molecule has 8 heteroatoms. The largest absolute Gasteiger partial charge is 0.325 e. The number of carbonyl (C=O) groups excluding carboxylic acids is 3. The highest BCUT2D eigenvalue weighted by Crippen LogP contribution is 2.27. The first-order valence-electron chi connectivity index (χ1n) is 12.6. The Morgan fingerprint density at radius 1 is 0.825 bits per heavy atom. The zero-order valence-corrected chi connectivity index (χ0v) is 24.4. The standard InChI is InChI=1S/C32H28BrN3O3S/c1-21-10-6-7-17-28(21)35-30(37)22(2)40-27-16-9-15-26(20-27)34-32(39)29(19-23-11-8-14-25(33)18-23)36-31(38)24-12-4-3-5-13-24/h3-20,22H,1-2H3,(H,34,39)(H,35,37)(H,36,38)/b29-19+. The Morgan fingerprint density at radius 2 is 1.55 bits per heavy atom. The van der Waals surface area contributed by atoms with Gasteiger partial charge in [-0.1, -0.05) is 70.5 Å². The zero-order chi connectivity index (χ0) is 28.5. The summed E-state index contributed by atoms with van der Waals surface area (Å²) in [6.45, 7) is 3.78. The quantitative estimate of drug-likeness (QED) is 0.137. The predicted octanol–water partition coefficient (Wildman–Crippen LogP) is 7.29. The highest BCUT2D eigenvalue weighted by molar-refractivity contribution is 9.10. The molecule has 0 saturated heterocycles. The lowest BCUT2D eigenvalue weighted by molar-refractivity contribution is -0.115. The topological polar surface area (TPSA) is 87.3 Å². The van der Waals surface area contributed by atoms with E-state index in [0.717, 1.165) is 26.2 Å². The molecule has 0 spiro atoms. The smallest absolute Gasteiger partial charge is 0.272 e. The number of nitrogens with one attached hydrogen (secondary N) is 3. The zero-order valence-electron chi connectivity index (χ0n) is 22.0. The molecule has 6 nitrogen and oxygen atoms in total. The Hall–Kier alpha value is -4.14. The van der Waals surface area contributed by atoms with Crippen LogP contribution in [0, 0.1) is 6.92 Å². The maximum absolute atomic E-state index is 13.4. The molecule has 4 aromatic rings. The third kappa shape index (κ3) is 8.18. The van der Waals surface area contributed by atoms with Crippen LogP contribution in [0.25, 0.3) is 6.08 Å². The number of thioether (sulfide) groups is 1. The maximum Gasteiger partial charge on any atom is 0.272 e. The number of para-hydroxylation sites is 1. The van der Waals surface area contributed by atoms with Crippen molar-refractivity contribution in [1.82, 2.24) is 5.32 Å². The van der Waals surface area contributed by atoms with Crippen LogP contribution in [0.2, 0.25) is 0 Å². The van der Waals surface area contributed by atoms with E-state index in [0.29, 0.717) is 11.3 Å². The van der Waals surface area contributed by atoms with Gasteiger partial charge in [0.2, 0.25) is 5.91 Å². The van der Waals surface area contributed by atoms with E-state index >= 15 is 0 Å². The lowest BCUT2D eigenvalue weighted by atomic mass is 10.1. The van der Waals surface area contributed by atoms with Crippen LogP contribution in [0.4, 0.5) is 11.4 Å². The second kappa shape index (κ2) is 13.8. The summed E-state index contributed by atoms with van der Waals surface area (Å²) >= 11 is 4.83. The highest BCUT2D eigenvalue weighted by Gasteiger charge is 2.18. The van der Waals surface area contributed by atoms with E-state index in [2.05, 4.69) is 31.9 Å². The first-order valence-corrected chi connectivity index (χ1v) is 14.2. The molecule has 0 heterocycles. The summed E-state index contributed by atoms with van der Waals surface area (Å²) in [6.07, 6.45) is 1.62. The van der Waals surface area contributed by atoms with E-state index in [4.69, 9.17) is 0 Å². The fourth-order valence-electron chi connectivity index (χ4n) is 3.76. The number of anilines is 2. The molecule has 4 rings (SSSR count). The Morgan fingerprint density at radius 3 is 2.30 bits per heavy atom. The second-order valence-electron chi connectivity index (χ2n) is 8.98. The van der Waals surface area contributed by atoms with Crippen LogP contribution in [0.5, 0.6) is 0 Å². The van der Waals surface area contributed by atoms with Gasteiger partial charge in [0.05, 0.1) is 5.25 Å². The van der Waals surface area contributed by atoms with Gasteiger partial charge in [0, 0.05) is 26.3 Å². The fraction of sp³-hybridized carbons (Fsp3) is 0.0938. The molecule has 202 valence electrons. The van der Waals surface area contributed by atoms with Crippen molar-refractivity contribution in [1.29, 1.82) is 0 Å². The van der Waals surface area contributed by atoms with Crippen molar-refractivity contribution in [2.45, 2.75) is 24.0 Å². The van der Waals surface area contributed by atoms with Crippen LogP contribution in [0.15, 0.2) is 118 Å².